The molecule has 1 aliphatic heterocycles. The zero-order valence-corrected chi connectivity index (χ0v) is 17.6. The van der Waals surface area contributed by atoms with E-state index in [4.69, 9.17) is 4.74 Å². The quantitative estimate of drug-likeness (QED) is 0.677. The first-order chi connectivity index (χ1) is 12.9. The number of likely N-dealkylation sites (N-methyl/N-ethyl adjacent to an activating group) is 2. The molecule has 0 spiro atoms. The summed E-state index contributed by atoms with van der Waals surface area (Å²) in [5.41, 5.74) is 0.640. The minimum Gasteiger partial charge on any atom is -0.490 e. The Balaban J connectivity index is 1.89. The second kappa shape index (κ2) is 10.6. The minimum absolute atomic E-state index is 0.000202. The number of nitrogens with zero attached hydrogens (tertiary/aromatic N) is 3. The number of carbonyl (C=O) groups is 2. The van der Waals surface area contributed by atoms with E-state index in [1.165, 1.54) is 0 Å². The molecule has 1 aromatic carbocycles. The lowest BCUT2D eigenvalue weighted by Crippen LogP contribution is -2.42. The summed E-state index contributed by atoms with van der Waals surface area (Å²) in [6.07, 6.45) is 3.67. The van der Waals surface area contributed by atoms with Crippen LogP contribution in [0.25, 0.3) is 0 Å². The van der Waals surface area contributed by atoms with Gasteiger partial charge >= 0.3 is 0 Å². The molecule has 1 aliphatic rings. The molecule has 2 amide bonds. The fraction of sp³-hybridized carbons (Fsp3) is 0.600. The van der Waals surface area contributed by atoms with Crippen molar-refractivity contribution in [1.29, 1.82) is 0 Å². The largest absolute Gasteiger partial charge is 0.490 e. The lowest BCUT2D eigenvalue weighted by atomic mass is 10.1. The second-order valence-electron chi connectivity index (χ2n) is 7.19. The molecular weight excluding hydrogens is 362 g/mol. The highest BCUT2D eigenvalue weighted by Gasteiger charge is 2.23. The van der Waals surface area contributed by atoms with Gasteiger partial charge in [-0.1, -0.05) is 6.07 Å². The SMILES string of the molecule is CSCC(=O)N1CCC(Oc2cccc(C(=O)N(C)CCN(C)C)c2)CC1. The molecule has 1 aromatic rings. The van der Waals surface area contributed by atoms with Gasteiger partial charge in [-0.25, -0.2) is 0 Å². The summed E-state index contributed by atoms with van der Waals surface area (Å²) in [6.45, 7) is 2.97. The molecule has 7 heteroatoms. The van der Waals surface area contributed by atoms with Gasteiger partial charge in [-0.05, 0) is 38.6 Å². The maximum absolute atomic E-state index is 12.6. The van der Waals surface area contributed by atoms with E-state index in [9.17, 15) is 9.59 Å². The Kier molecular flexibility index (Phi) is 8.44. The van der Waals surface area contributed by atoms with E-state index in [1.807, 2.05) is 56.6 Å². The van der Waals surface area contributed by atoms with Crippen LogP contribution >= 0.6 is 11.8 Å². The molecule has 1 fully saturated rings. The number of ether oxygens (including phenoxy) is 1. The average molecular weight is 394 g/mol. The molecule has 0 radical (unpaired) electrons. The molecule has 6 nitrogen and oxygen atoms in total. The van der Waals surface area contributed by atoms with Gasteiger partial charge in [-0.2, -0.15) is 11.8 Å². The van der Waals surface area contributed by atoms with E-state index >= 15 is 0 Å². The summed E-state index contributed by atoms with van der Waals surface area (Å²) in [4.78, 5) is 30.2. The lowest BCUT2D eigenvalue weighted by Gasteiger charge is -2.32. The highest BCUT2D eigenvalue weighted by molar-refractivity contribution is 7.99. The van der Waals surface area contributed by atoms with Crippen molar-refractivity contribution < 1.29 is 14.3 Å². The zero-order chi connectivity index (χ0) is 19.8. The van der Waals surface area contributed by atoms with Crippen LogP contribution in [-0.2, 0) is 4.79 Å². The van der Waals surface area contributed by atoms with Crippen LogP contribution in [0.15, 0.2) is 24.3 Å². The van der Waals surface area contributed by atoms with Crippen LogP contribution in [0.1, 0.15) is 23.2 Å². The third-order valence-corrected chi connectivity index (χ3v) is 5.21. The molecule has 150 valence electrons. The number of hydrogen-bond acceptors (Lipinski definition) is 5. The summed E-state index contributed by atoms with van der Waals surface area (Å²) in [6, 6.07) is 7.39. The fourth-order valence-electron chi connectivity index (χ4n) is 3.00. The highest BCUT2D eigenvalue weighted by atomic mass is 32.2. The second-order valence-corrected chi connectivity index (χ2v) is 8.05. The Morgan fingerprint density at radius 2 is 1.89 bits per heavy atom. The van der Waals surface area contributed by atoms with Crippen molar-refractivity contribution in [2.45, 2.75) is 18.9 Å². The normalized spacial score (nSPS) is 15.1. The van der Waals surface area contributed by atoms with Crippen molar-refractivity contribution in [3.8, 4) is 5.75 Å². The first-order valence-corrected chi connectivity index (χ1v) is 10.7. The third kappa shape index (κ3) is 6.74. The van der Waals surface area contributed by atoms with Crippen LogP contribution in [0.5, 0.6) is 5.75 Å². The first kappa shape index (κ1) is 21.6. The van der Waals surface area contributed by atoms with E-state index in [2.05, 4.69) is 4.90 Å². The first-order valence-electron chi connectivity index (χ1n) is 9.34. The van der Waals surface area contributed by atoms with E-state index in [0.29, 0.717) is 17.9 Å². The van der Waals surface area contributed by atoms with Crippen LogP contribution in [0.2, 0.25) is 0 Å². The van der Waals surface area contributed by atoms with Gasteiger partial charge in [0, 0.05) is 51.6 Å². The van der Waals surface area contributed by atoms with Crippen molar-refractivity contribution in [2.75, 3.05) is 59.3 Å². The molecule has 0 unspecified atom stereocenters. The molecule has 2 rings (SSSR count). The molecule has 0 N–H and O–H groups in total. The Morgan fingerprint density at radius 3 is 2.52 bits per heavy atom. The van der Waals surface area contributed by atoms with Crippen molar-refractivity contribution in [1.82, 2.24) is 14.7 Å². The minimum atomic E-state index is -0.000202. The number of likely N-dealkylation sites (tertiary alicyclic amines) is 1. The van der Waals surface area contributed by atoms with Crippen molar-refractivity contribution in [3.63, 3.8) is 0 Å². The standard InChI is InChI=1S/C20H31N3O3S/c1-21(2)12-13-22(3)20(25)16-6-5-7-18(14-16)26-17-8-10-23(11-9-17)19(24)15-27-4/h5-7,14,17H,8-13,15H2,1-4H3. The monoisotopic (exact) mass is 393 g/mol. The maximum Gasteiger partial charge on any atom is 0.253 e. The van der Waals surface area contributed by atoms with Gasteiger partial charge in [0.15, 0.2) is 0 Å². The van der Waals surface area contributed by atoms with Crippen molar-refractivity contribution in [2.24, 2.45) is 0 Å². The molecule has 27 heavy (non-hydrogen) atoms. The molecule has 0 aromatic heterocycles. The van der Waals surface area contributed by atoms with Gasteiger partial charge in [0.05, 0.1) is 5.75 Å². The Hall–Kier alpha value is -1.73. The van der Waals surface area contributed by atoms with E-state index in [0.717, 1.165) is 38.2 Å². The molecular formula is C20H31N3O3S. The van der Waals surface area contributed by atoms with Gasteiger partial charge in [-0.15, -0.1) is 0 Å². The molecule has 0 saturated carbocycles. The number of amides is 2. The Labute approximate surface area is 166 Å². The fourth-order valence-corrected chi connectivity index (χ4v) is 3.43. The maximum atomic E-state index is 12.6. The number of rotatable bonds is 8. The van der Waals surface area contributed by atoms with E-state index < -0.39 is 0 Å². The average Bonchev–Trinajstić information content (AvgIpc) is 2.66. The summed E-state index contributed by atoms with van der Waals surface area (Å²) >= 11 is 1.56. The summed E-state index contributed by atoms with van der Waals surface area (Å²) in [5.74, 6) is 1.46. The van der Waals surface area contributed by atoms with Gasteiger partial charge in [0.1, 0.15) is 11.9 Å². The summed E-state index contributed by atoms with van der Waals surface area (Å²) in [7, 11) is 5.81. The predicted molar refractivity (Wildman–Crippen MR) is 111 cm³/mol. The van der Waals surface area contributed by atoms with Crippen LogP contribution in [0, 0.1) is 0 Å². The highest BCUT2D eigenvalue weighted by Crippen LogP contribution is 2.21. The number of carbonyl (C=O) groups excluding carboxylic acids is 2. The topological polar surface area (TPSA) is 53.1 Å². The number of benzene rings is 1. The lowest BCUT2D eigenvalue weighted by molar-refractivity contribution is -0.130. The number of piperidine rings is 1. The summed E-state index contributed by atoms with van der Waals surface area (Å²) < 4.78 is 6.09. The van der Waals surface area contributed by atoms with Gasteiger partial charge in [0.25, 0.3) is 5.91 Å². The summed E-state index contributed by atoms with van der Waals surface area (Å²) in [5, 5.41) is 0. The molecule has 0 aliphatic carbocycles. The van der Waals surface area contributed by atoms with E-state index in [-0.39, 0.29) is 17.9 Å². The predicted octanol–water partition coefficient (Wildman–Crippen LogP) is 2.05. The molecule has 0 bridgehead atoms. The van der Waals surface area contributed by atoms with Crippen LogP contribution in [0.4, 0.5) is 0 Å². The van der Waals surface area contributed by atoms with Crippen LogP contribution in [-0.4, -0.2) is 91.9 Å². The molecule has 1 heterocycles. The van der Waals surface area contributed by atoms with Crippen molar-refractivity contribution >= 4 is 23.6 Å². The van der Waals surface area contributed by atoms with Crippen LogP contribution in [0.3, 0.4) is 0 Å². The molecule has 1 saturated heterocycles. The smallest absolute Gasteiger partial charge is 0.253 e. The van der Waals surface area contributed by atoms with Crippen molar-refractivity contribution in [3.05, 3.63) is 29.8 Å². The number of hydrogen-bond donors (Lipinski definition) is 0. The molecule has 0 atom stereocenters. The third-order valence-electron chi connectivity index (χ3n) is 4.68. The van der Waals surface area contributed by atoms with Gasteiger partial charge in [-0.3, -0.25) is 9.59 Å². The van der Waals surface area contributed by atoms with Crippen LogP contribution < -0.4 is 4.74 Å². The van der Waals surface area contributed by atoms with Gasteiger partial charge < -0.3 is 19.4 Å². The zero-order valence-electron chi connectivity index (χ0n) is 16.8. The number of thioether (sulfide) groups is 1. The van der Waals surface area contributed by atoms with Gasteiger partial charge in [0.2, 0.25) is 5.91 Å². The van der Waals surface area contributed by atoms with E-state index in [1.54, 1.807) is 16.7 Å². The Morgan fingerprint density at radius 1 is 1.19 bits per heavy atom. The Bertz CT molecular complexity index is 631.